The van der Waals surface area contributed by atoms with Gasteiger partial charge in [0.1, 0.15) is 11.2 Å². The van der Waals surface area contributed by atoms with E-state index in [9.17, 15) is 0 Å². The molecule has 6 heterocycles. The van der Waals surface area contributed by atoms with Gasteiger partial charge in [0.05, 0.1) is 44.1 Å². The molecule has 22 rings (SSSR count). The predicted octanol–water partition coefficient (Wildman–Crippen LogP) is 25.8. The second kappa shape index (κ2) is 24.1. The van der Waals surface area contributed by atoms with Gasteiger partial charge in [0.15, 0.2) is 5.82 Å². The first-order valence-corrected chi connectivity index (χ1v) is 36.4. The van der Waals surface area contributed by atoms with Crippen molar-refractivity contribution in [3.05, 3.63) is 370 Å². The van der Waals surface area contributed by atoms with Gasteiger partial charge in [-0.15, -0.1) is 0 Å². The summed E-state index contributed by atoms with van der Waals surface area (Å²) >= 11 is 0. The van der Waals surface area contributed by atoms with Crippen LogP contribution in [0.1, 0.15) is 0 Å². The molecule has 0 amide bonds. The Morgan fingerprint density at radius 2 is 0.458 bits per heavy atom. The molecule has 0 saturated heterocycles. The standard InChI is InChI=1S/C99H61N7O/c1-5-22-62(23-6-1)72-53-73(63-24-7-2-8-25-63)55-74(54-72)64-26-21-27-71(52-64)97-100-98(105-89-38-19-15-34-79(89)83-58-67(42-48-92(83)105)70-45-51-96-86(61-70)80-35-16-20-39-95(80)107-96)102-99(101-97)106-93-49-43-68(65-40-46-90-81(56-65)77-32-13-17-36-87(77)103(90)75-28-9-3-10-29-75)59-84(93)85-60-69(44-50-94(85)106)66-41-47-91-82(57-66)78-33-14-18-37-88(78)104(91)76-30-11-4-12-31-76/h1-61H. The third-order valence-corrected chi connectivity index (χ3v) is 21.8. The Kier molecular flexibility index (Phi) is 13.5. The van der Waals surface area contributed by atoms with Crippen molar-refractivity contribution in [1.82, 2.24) is 33.2 Å². The quantitative estimate of drug-likeness (QED) is 0.129. The molecule has 0 bridgehead atoms. The van der Waals surface area contributed by atoms with Gasteiger partial charge in [0, 0.05) is 70.8 Å². The minimum absolute atomic E-state index is 0.488. The summed E-state index contributed by atoms with van der Waals surface area (Å²) in [4.78, 5) is 17.2. The fourth-order valence-corrected chi connectivity index (χ4v) is 16.8. The minimum atomic E-state index is 0.488. The third kappa shape index (κ3) is 9.81. The van der Waals surface area contributed by atoms with Crippen LogP contribution in [-0.2, 0) is 0 Å². The second-order valence-electron chi connectivity index (χ2n) is 27.9. The lowest BCUT2D eigenvalue weighted by atomic mass is 9.93. The average Bonchev–Trinajstić information content (AvgIpc) is 1.60. The van der Waals surface area contributed by atoms with E-state index in [1.807, 2.05) is 12.1 Å². The summed E-state index contributed by atoms with van der Waals surface area (Å²) < 4.78 is 15.6. The minimum Gasteiger partial charge on any atom is -0.456 e. The summed E-state index contributed by atoms with van der Waals surface area (Å²) in [6.45, 7) is 0. The van der Waals surface area contributed by atoms with E-state index in [2.05, 4.69) is 376 Å². The molecule has 0 radical (unpaired) electrons. The average molecular weight is 1360 g/mol. The molecule has 8 nitrogen and oxygen atoms in total. The number of furan rings is 1. The van der Waals surface area contributed by atoms with Gasteiger partial charge < -0.3 is 13.6 Å². The van der Waals surface area contributed by atoms with Crippen LogP contribution in [0.15, 0.2) is 374 Å². The smallest absolute Gasteiger partial charge is 0.240 e. The Morgan fingerprint density at radius 1 is 0.168 bits per heavy atom. The summed E-state index contributed by atoms with van der Waals surface area (Å²) in [7, 11) is 0. The molecule has 0 fully saturated rings. The largest absolute Gasteiger partial charge is 0.456 e. The Morgan fingerprint density at radius 3 is 0.907 bits per heavy atom. The Bertz CT molecular complexity index is 7090. The number of hydrogen-bond acceptors (Lipinski definition) is 4. The van der Waals surface area contributed by atoms with Crippen LogP contribution in [0.4, 0.5) is 0 Å². The van der Waals surface area contributed by atoms with Crippen LogP contribution in [-0.4, -0.2) is 33.2 Å². The fourth-order valence-electron chi connectivity index (χ4n) is 16.8. The first-order chi connectivity index (χ1) is 53.0. The van der Waals surface area contributed by atoms with Crippen molar-refractivity contribution in [3.63, 3.8) is 0 Å². The highest BCUT2D eigenvalue weighted by molar-refractivity contribution is 6.16. The Labute approximate surface area is 614 Å². The van der Waals surface area contributed by atoms with Crippen molar-refractivity contribution < 1.29 is 4.42 Å². The van der Waals surface area contributed by atoms with Crippen molar-refractivity contribution in [3.8, 4) is 101 Å². The monoisotopic (exact) mass is 1360 g/mol. The van der Waals surface area contributed by atoms with E-state index in [1.54, 1.807) is 0 Å². The highest BCUT2D eigenvalue weighted by atomic mass is 16.3. The molecule has 0 N–H and O–H groups in total. The molecule has 0 aliphatic carbocycles. The van der Waals surface area contributed by atoms with Crippen molar-refractivity contribution in [2.24, 2.45) is 0 Å². The van der Waals surface area contributed by atoms with E-state index in [0.717, 1.165) is 160 Å². The highest BCUT2D eigenvalue weighted by Gasteiger charge is 2.25. The number of benzene rings is 16. The summed E-state index contributed by atoms with van der Waals surface area (Å²) in [5, 5.41) is 11.3. The topological polar surface area (TPSA) is 71.5 Å². The van der Waals surface area contributed by atoms with E-state index >= 15 is 0 Å². The second-order valence-corrected chi connectivity index (χ2v) is 27.9. The maximum absolute atomic E-state index is 6.32. The van der Waals surface area contributed by atoms with Crippen LogP contribution in [0.25, 0.3) is 211 Å². The van der Waals surface area contributed by atoms with Gasteiger partial charge >= 0.3 is 0 Å². The molecule has 0 aliphatic heterocycles. The van der Waals surface area contributed by atoms with Crippen LogP contribution in [0, 0.1) is 0 Å². The van der Waals surface area contributed by atoms with E-state index in [4.69, 9.17) is 19.4 Å². The lowest BCUT2D eigenvalue weighted by Crippen LogP contribution is -2.10. The zero-order valence-electron chi connectivity index (χ0n) is 57.8. The number of para-hydroxylation sites is 6. The van der Waals surface area contributed by atoms with E-state index in [-0.39, 0.29) is 0 Å². The van der Waals surface area contributed by atoms with Gasteiger partial charge in [-0.3, -0.25) is 9.13 Å². The molecule has 0 atom stereocenters. The Balaban J connectivity index is 0.772. The number of rotatable bonds is 11. The maximum atomic E-state index is 6.32. The van der Waals surface area contributed by atoms with Gasteiger partial charge in [0.2, 0.25) is 11.9 Å². The van der Waals surface area contributed by atoms with Crippen LogP contribution in [0.5, 0.6) is 0 Å². The van der Waals surface area contributed by atoms with Crippen LogP contribution >= 0.6 is 0 Å². The van der Waals surface area contributed by atoms with Crippen molar-refractivity contribution in [2.45, 2.75) is 0 Å². The molecular weight excluding hydrogens is 1300 g/mol. The van der Waals surface area contributed by atoms with E-state index in [1.165, 1.54) is 32.6 Å². The first-order valence-electron chi connectivity index (χ1n) is 36.4. The molecule has 0 unspecified atom stereocenters. The van der Waals surface area contributed by atoms with Gasteiger partial charge in [0.25, 0.3) is 0 Å². The summed E-state index contributed by atoms with van der Waals surface area (Å²) in [5.74, 6) is 1.51. The fraction of sp³-hybridized carbons (Fsp3) is 0. The lowest BCUT2D eigenvalue weighted by molar-refractivity contribution is 0.669. The summed E-state index contributed by atoms with van der Waals surface area (Å²) in [6, 6.07) is 134. The lowest BCUT2D eigenvalue weighted by Gasteiger charge is -2.14. The molecule has 8 heteroatoms. The number of hydrogen-bond donors (Lipinski definition) is 0. The molecule has 16 aromatic carbocycles. The van der Waals surface area contributed by atoms with Crippen LogP contribution < -0.4 is 0 Å². The van der Waals surface area contributed by atoms with Gasteiger partial charge in [-0.2, -0.15) is 15.0 Å². The van der Waals surface area contributed by atoms with E-state index < -0.39 is 0 Å². The van der Waals surface area contributed by atoms with Gasteiger partial charge in [-0.1, -0.05) is 224 Å². The van der Waals surface area contributed by atoms with Gasteiger partial charge in [-0.25, -0.2) is 0 Å². The maximum Gasteiger partial charge on any atom is 0.240 e. The first kappa shape index (κ1) is 60.1. The zero-order valence-corrected chi connectivity index (χ0v) is 57.8. The van der Waals surface area contributed by atoms with Crippen LogP contribution in [0.2, 0.25) is 0 Å². The molecule has 0 aliphatic rings. The third-order valence-electron chi connectivity index (χ3n) is 21.8. The van der Waals surface area contributed by atoms with Crippen LogP contribution in [0.3, 0.4) is 0 Å². The molecular formula is C99H61N7O. The normalized spacial score (nSPS) is 11.9. The van der Waals surface area contributed by atoms with E-state index in [0.29, 0.717) is 17.7 Å². The molecule has 498 valence electrons. The molecule has 0 saturated carbocycles. The highest BCUT2D eigenvalue weighted by Crippen LogP contribution is 2.44. The molecule has 22 aromatic rings. The summed E-state index contributed by atoms with van der Waals surface area (Å²) in [6.07, 6.45) is 0. The number of aromatic nitrogens is 7. The number of nitrogens with zero attached hydrogens (tertiary/aromatic N) is 7. The van der Waals surface area contributed by atoms with Crippen molar-refractivity contribution >= 4 is 109 Å². The zero-order chi connectivity index (χ0) is 70.2. The summed E-state index contributed by atoms with van der Waals surface area (Å²) in [5.41, 5.74) is 26.6. The Hall–Kier alpha value is -14.5. The molecule has 0 spiro atoms. The van der Waals surface area contributed by atoms with Gasteiger partial charge in [-0.05, 0) is 212 Å². The molecule has 107 heavy (non-hydrogen) atoms. The SMILES string of the molecule is c1ccc(-c2cc(-c3ccccc3)cc(-c3cccc(-c4nc(-n5c6ccccc6c6cc(-c7ccc8oc9ccccc9c8c7)ccc65)nc(-n5c6ccc(-c7ccc8c(c7)c7ccccc7n8-c7ccccc7)cc6c6cc(-c7ccc8c(c7)c7ccccc7n8-c7ccccc7)ccc65)n4)c3)c2)cc1. The van der Waals surface area contributed by atoms with Crippen molar-refractivity contribution in [1.29, 1.82) is 0 Å². The molecule has 6 aromatic heterocycles. The van der Waals surface area contributed by atoms with Crippen molar-refractivity contribution in [2.75, 3.05) is 0 Å². The predicted molar refractivity (Wildman–Crippen MR) is 443 cm³/mol. The number of fused-ring (bicyclic) bond motifs is 15.